The van der Waals surface area contributed by atoms with Gasteiger partial charge in [-0.25, -0.2) is 4.68 Å². The molecule has 5 heteroatoms. The molecule has 0 radical (unpaired) electrons. The van der Waals surface area contributed by atoms with E-state index in [0.29, 0.717) is 6.04 Å². The molecule has 1 fully saturated rings. The fourth-order valence-corrected chi connectivity index (χ4v) is 2.95. The Balaban J connectivity index is 1.68. The van der Waals surface area contributed by atoms with Gasteiger partial charge in [-0.15, -0.1) is 5.10 Å². The van der Waals surface area contributed by atoms with Crippen molar-refractivity contribution in [1.29, 1.82) is 0 Å². The Kier molecular flexibility index (Phi) is 3.99. The van der Waals surface area contributed by atoms with E-state index in [9.17, 15) is 4.79 Å². The van der Waals surface area contributed by atoms with Crippen LogP contribution in [-0.2, 0) is 6.42 Å². The van der Waals surface area contributed by atoms with Crippen LogP contribution >= 0.6 is 0 Å². The monoisotopic (exact) mass is 284 g/mol. The molecule has 1 aliphatic heterocycles. The summed E-state index contributed by atoms with van der Waals surface area (Å²) in [5.41, 5.74) is 1.97. The first-order valence-electron chi connectivity index (χ1n) is 7.52. The molecule has 1 aromatic heterocycles. The number of aromatic nitrogens is 3. The molecule has 0 atom stereocenters. The van der Waals surface area contributed by atoms with E-state index in [2.05, 4.69) is 17.2 Å². The van der Waals surface area contributed by atoms with E-state index in [4.69, 9.17) is 0 Å². The fraction of sp³-hybridized carbons (Fsp3) is 0.438. The van der Waals surface area contributed by atoms with Crippen molar-refractivity contribution in [1.82, 2.24) is 19.9 Å². The van der Waals surface area contributed by atoms with Gasteiger partial charge in [-0.2, -0.15) is 0 Å². The molecule has 0 bridgehead atoms. The maximum absolute atomic E-state index is 12.7. The standard InChI is InChI=1S/C16H20N4O/c1-2-13-5-3-4-6-15(13)16(21)19-10-7-14(8-11-19)20-12-9-17-18-20/h3-6,9,12,14H,2,7-8,10-11H2,1H3. The summed E-state index contributed by atoms with van der Waals surface area (Å²) >= 11 is 0. The maximum atomic E-state index is 12.7. The van der Waals surface area contributed by atoms with Crippen molar-refractivity contribution < 1.29 is 4.79 Å². The minimum Gasteiger partial charge on any atom is -0.338 e. The normalized spacial score (nSPS) is 16.1. The van der Waals surface area contributed by atoms with Crippen LogP contribution in [0.5, 0.6) is 0 Å². The van der Waals surface area contributed by atoms with Crippen LogP contribution in [0.15, 0.2) is 36.7 Å². The van der Waals surface area contributed by atoms with Gasteiger partial charge in [0.15, 0.2) is 0 Å². The molecule has 0 saturated carbocycles. The summed E-state index contributed by atoms with van der Waals surface area (Å²) in [4.78, 5) is 14.6. The quantitative estimate of drug-likeness (QED) is 0.869. The summed E-state index contributed by atoms with van der Waals surface area (Å²) < 4.78 is 1.90. The smallest absolute Gasteiger partial charge is 0.254 e. The van der Waals surface area contributed by atoms with Gasteiger partial charge in [0.05, 0.1) is 12.2 Å². The number of carbonyl (C=O) groups is 1. The highest BCUT2D eigenvalue weighted by Crippen LogP contribution is 2.23. The lowest BCUT2D eigenvalue weighted by Crippen LogP contribution is -2.39. The highest BCUT2D eigenvalue weighted by Gasteiger charge is 2.25. The maximum Gasteiger partial charge on any atom is 0.254 e. The van der Waals surface area contributed by atoms with Crippen LogP contribution in [0.3, 0.4) is 0 Å². The molecule has 0 aliphatic carbocycles. The number of aryl methyl sites for hydroxylation is 1. The van der Waals surface area contributed by atoms with E-state index in [1.165, 1.54) is 0 Å². The zero-order chi connectivity index (χ0) is 14.7. The van der Waals surface area contributed by atoms with Crippen molar-refractivity contribution in [2.24, 2.45) is 0 Å². The number of nitrogens with zero attached hydrogens (tertiary/aromatic N) is 4. The van der Waals surface area contributed by atoms with Crippen molar-refractivity contribution in [3.8, 4) is 0 Å². The summed E-state index contributed by atoms with van der Waals surface area (Å²) in [6.07, 6.45) is 6.35. The molecule has 3 rings (SSSR count). The Morgan fingerprint density at radius 2 is 2.05 bits per heavy atom. The molecule has 0 unspecified atom stereocenters. The molecule has 0 spiro atoms. The number of rotatable bonds is 3. The van der Waals surface area contributed by atoms with Crippen LogP contribution in [-0.4, -0.2) is 38.9 Å². The number of benzene rings is 1. The number of amides is 1. The van der Waals surface area contributed by atoms with E-state index in [0.717, 1.165) is 43.5 Å². The Hall–Kier alpha value is -2.17. The molecule has 0 N–H and O–H groups in total. The van der Waals surface area contributed by atoms with Gasteiger partial charge in [-0.3, -0.25) is 4.79 Å². The largest absolute Gasteiger partial charge is 0.338 e. The van der Waals surface area contributed by atoms with Gasteiger partial charge in [-0.05, 0) is 30.9 Å². The van der Waals surface area contributed by atoms with Gasteiger partial charge in [0.1, 0.15) is 0 Å². The first-order chi connectivity index (χ1) is 10.3. The minimum absolute atomic E-state index is 0.157. The Morgan fingerprint density at radius 1 is 1.29 bits per heavy atom. The summed E-state index contributed by atoms with van der Waals surface area (Å²) in [5, 5.41) is 7.91. The molecule has 1 aliphatic rings. The molecule has 21 heavy (non-hydrogen) atoms. The molecule has 5 nitrogen and oxygen atoms in total. The first-order valence-corrected chi connectivity index (χ1v) is 7.52. The number of carbonyl (C=O) groups excluding carboxylic acids is 1. The second-order valence-corrected chi connectivity index (χ2v) is 5.42. The zero-order valence-corrected chi connectivity index (χ0v) is 12.3. The predicted molar refractivity (Wildman–Crippen MR) is 80.0 cm³/mol. The van der Waals surface area contributed by atoms with E-state index in [-0.39, 0.29) is 5.91 Å². The molecule has 1 amide bonds. The van der Waals surface area contributed by atoms with Crippen molar-refractivity contribution in [3.05, 3.63) is 47.8 Å². The van der Waals surface area contributed by atoms with Gasteiger partial charge < -0.3 is 4.90 Å². The SMILES string of the molecule is CCc1ccccc1C(=O)N1CCC(n2ccnn2)CC1. The van der Waals surface area contributed by atoms with Gasteiger partial charge in [0.25, 0.3) is 5.91 Å². The minimum atomic E-state index is 0.157. The molecule has 1 saturated heterocycles. The number of hydrogen-bond acceptors (Lipinski definition) is 3. The Labute approximate surface area is 124 Å². The Bertz CT molecular complexity index is 600. The lowest BCUT2D eigenvalue weighted by molar-refractivity contribution is 0.0688. The predicted octanol–water partition coefficient (Wildman–Crippen LogP) is 2.32. The van der Waals surface area contributed by atoms with Crippen LogP contribution in [0.25, 0.3) is 0 Å². The van der Waals surface area contributed by atoms with E-state index in [1.54, 1.807) is 6.20 Å². The topological polar surface area (TPSA) is 51.0 Å². The second kappa shape index (κ2) is 6.08. The van der Waals surface area contributed by atoms with Crippen molar-refractivity contribution in [2.75, 3.05) is 13.1 Å². The number of hydrogen-bond donors (Lipinski definition) is 0. The Morgan fingerprint density at radius 3 is 2.71 bits per heavy atom. The highest BCUT2D eigenvalue weighted by molar-refractivity contribution is 5.95. The van der Waals surface area contributed by atoms with Crippen LogP contribution in [0.2, 0.25) is 0 Å². The third kappa shape index (κ3) is 2.82. The summed E-state index contributed by atoms with van der Waals surface area (Å²) in [5.74, 6) is 0.157. The van der Waals surface area contributed by atoms with Gasteiger partial charge >= 0.3 is 0 Å². The lowest BCUT2D eigenvalue weighted by Gasteiger charge is -2.32. The van der Waals surface area contributed by atoms with Crippen LogP contribution < -0.4 is 0 Å². The molecule has 110 valence electrons. The van der Waals surface area contributed by atoms with E-state index < -0.39 is 0 Å². The van der Waals surface area contributed by atoms with Gasteiger partial charge in [-0.1, -0.05) is 30.3 Å². The van der Waals surface area contributed by atoms with E-state index >= 15 is 0 Å². The number of piperidine rings is 1. The number of likely N-dealkylation sites (tertiary alicyclic amines) is 1. The van der Waals surface area contributed by atoms with Crippen LogP contribution in [0.1, 0.15) is 41.7 Å². The molecule has 2 aromatic rings. The highest BCUT2D eigenvalue weighted by atomic mass is 16.2. The summed E-state index contributed by atoms with van der Waals surface area (Å²) in [7, 11) is 0. The summed E-state index contributed by atoms with van der Waals surface area (Å²) in [6, 6.07) is 8.26. The second-order valence-electron chi connectivity index (χ2n) is 5.42. The van der Waals surface area contributed by atoms with Crippen molar-refractivity contribution >= 4 is 5.91 Å². The average Bonchev–Trinajstić information content (AvgIpc) is 3.09. The van der Waals surface area contributed by atoms with Gasteiger partial charge in [0, 0.05) is 24.8 Å². The zero-order valence-electron chi connectivity index (χ0n) is 12.3. The third-order valence-corrected chi connectivity index (χ3v) is 4.20. The molecule has 2 heterocycles. The molecular weight excluding hydrogens is 264 g/mol. The summed E-state index contributed by atoms with van der Waals surface area (Å²) in [6.45, 7) is 3.64. The lowest BCUT2D eigenvalue weighted by atomic mass is 10.0. The molecular formula is C16H20N4O. The molecule has 1 aromatic carbocycles. The fourth-order valence-electron chi connectivity index (χ4n) is 2.95. The van der Waals surface area contributed by atoms with Crippen LogP contribution in [0, 0.1) is 0 Å². The first kappa shape index (κ1) is 13.8. The average molecular weight is 284 g/mol. The van der Waals surface area contributed by atoms with Crippen LogP contribution in [0.4, 0.5) is 0 Å². The third-order valence-electron chi connectivity index (χ3n) is 4.20. The van der Waals surface area contributed by atoms with Crippen molar-refractivity contribution in [3.63, 3.8) is 0 Å². The van der Waals surface area contributed by atoms with Gasteiger partial charge in [0.2, 0.25) is 0 Å². The van der Waals surface area contributed by atoms with E-state index in [1.807, 2.05) is 40.0 Å². The van der Waals surface area contributed by atoms with Crippen molar-refractivity contribution in [2.45, 2.75) is 32.2 Å².